The molecule has 0 radical (unpaired) electrons. The zero-order chi connectivity index (χ0) is 22.8. The summed E-state index contributed by atoms with van der Waals surface area (Å²) in [6.45, 7) is 7.55. The van der Waals surface area contributed by atoms with Crippen molar-refractivity contribution in [2.75, 3.05) is 18.1 Å². The van der Waals surface area contributed by atoms with Crippen LogP contribution >= 0.6 is 23.5 Å². The van der Waals surface area contributed by atoms with Gasteiger partial charge in [0.05, 0.1) is 16.5 Å². The lowest BCUT2D eigenvalue weighted by molar-refractivity contribution is -0.109. The lowest BCUT2D eigenvalue weighted by Gasteiger charge is -2.16. The first kappa shape index (κ1) is 24.8. The number of thioether (sulfide) groups is 2. The van der Waals surface area contributed by atoms with Gasteiger partial charge in [0, 0.05) is 11.8 Å². The monoisotopic (exact) mass is 457 g/mol. The van der Waals surface area contributed by atoms with Crippen LogP contribution in [-0.4, -0.2) is 39.8 Å². The molecule has 1 aromatic heterocycles. The number of phenolic OH excluding ortho intramolecular Hbond substituents is 1. The second kappa shape index (κ2) is 12.4. The van der Waals surface area contributed by atoms with Gasteiger partial charge in [-0.3, -0.25) is 14.6 Å². The van der Waals surface area contributed by atoms with Gasteiger partial charge in [0.1, 0.15) is 17.1 Å². The van der Waals surface area contributed by atoms with Crippen LogP contribution in [0.3, 0.4) is 0 Å². The molecule has 0 atom stereocenters. The summed E-state index contributed by atoms with van der Waals surface area (Å²) in [6, 6.07) is 8.61. The van der Waals surface area contributed by atoms with Gasteiger partial charge in [0.25, 0.3) is 0 Å². The number of hydrogen-bond acceptors (Lipinski definition) is 7. The molecule has 2 rings (SSSR count). The number of pyridine rings is 1. The van der Waals surface area contributed by atoms with Gasteiger partial charge in [-0.25, -0.2) is 0 Å². The van der Waals surface area contributed by atoms with Gasteiger partial charge >= 0.3 is 0 Å². The fourth-order valence-electron chi connectivity index (χ4n) is 2.90. The first-order valence-electron chi connectivity index (χ1n) is 10.1. The van der Waals surface area contributed by atoms with Crippen LogP contribution in [0.4, 0.5) is 0 Å². The molecule has 2 aromatic rings. The van der Waals surface area contributed by atoms with E-state index in [9.17, 15) is 14.7 Å². The highest BCUT2D eigenvalue weighted by molar-refractivity contribution is 8.22. The molecule has 0 aliphatic carbocycles. The molecule has 0 unspecified atom stereocenters. The number of carbonyl (C=O) groups excluding carboxylic acids is 2. The van der Waals surface area contributed by atoms with E-state index >= 15 is 0 Å². The van der Waals surface area contributed by atoms with E-state index in [2.05, 4.69) is 4.98 Å². The normalized spacial score (nSPS) is 10.8. The zero-order valence-corrected chi connectivity index (χ0v) is 19.8. The van der Waals surface area contributed by atoms with Crippen molar-refractivity contribution in [3.63, 3.8) is 0 Å². The Morgan fingerprint density at radius 1 is 1.13 bits per heavy atom. The number of rotatable bonds is 11. The van der Waals surface area contributed by atoms with Crippen molar-refractivity contribution in [3.05, 3.63) is 63.7 Å². The number of benzene rings is 1. The third-order valence-corrected chi connectivity index (χ3v) is 6.33. The summed E-state index contributed by atoms with van der Waals surface area (Å²) in [5, 5.41) is 10.6. The Morgan fingerprint density at radius 2 is 1.84 bits per heavy atom. The third-order valence-electron chi connectivity index (χ3n) is 4.12. The summed E-state index contributed by atoms with van der Waals surface area (Å²) in [5.41, 5.74) is 1.78. The van der Waals surface area contributed by atoms with Crippen LogP contribution in [-0.2, 0) is 4.79 Å². The Morgan fingerprint density at radius 3 is 2.39 bits per heavy atom. The second-order valence-corrected chi connectivity index (χ2v) is 9.15. The lowest BCUT2D eigenvalue weighted by Crippen LogP contribution is -2.06. The SMILES string of the molecule is CCOc1cc(C(C(=O)/C=C/c2ccccn2)=C(SCC)SCC)cc(O)c1C(C)=O. The van der Waals surface area contributed by atoms with E-state index in [1.54, 1.807) is 48.8 Å². The molecule has 0 fully saturated rings. The first-order chi connectivity index (χ1) is 14.9. The number of aromatic nitrogens is 1. The largest absolute Gasteiger partial charge is 0.507 e. The molecule has 31 heavy (non-hydrogen) atoms. The Bertz CT molecular complexity index is 977. The van der Waals surface area contributed by atoms with E-state index in [0.717, 1.165) is 15.7 Å². The third kappa shape index (κ3) is 6.74. The van der Waals surface area contributed by atoms with Crippen LogP contribution in [0.25, 0.3) is 11.6 Å². The topological polar surface area (TPSA) is 76.5 Å². The van der Waals surface area contributed by atoms with Gasteiger partial charge in [0.15, 0.2) is 11.6 Å². The van der Waals surface area contributed by atoms with Crippen molar-refractivity contribution >= 4 is 46.7 Å². The molecular weight excluding hydrogens is 430 g/mol. The number of carbonyl (C=O) groups is 2. The maximum atomic E-state index is 13.3. The van der Waals surface area contributed by atoms with Gasteiger partial charge < -0.3 is 9.84 Å². The average Bonchev–Trinajstić information content (AvgIpc) is 2.73. The number of ether oxygens (including phenoxy) is 1. The van der Waals surface area contributed by atoms with E-state index in [0.29, 0.717) is 23.4 Å². The van der Waals surface area contributed by atoms with Crippen molar-refractivity contribution in [3.8, 4) is 11.5 Å². The van der Waals surface area contributed by atoms with Crippen LogP contribution in [0.2, 0.25) is 0 Å². The summed E-state index contributed by atoms with van der Waals surface area (Å²) >= 11 is 3.14. The van der Waals surface area contributed by atoms with Crippen molar-refractivity contribution in [2.45, 2.75) is 27.7 Å². The molecule has 0 saturated carbocycles. The highest BCUT2D eigenvalue weighted by Gasteiger charge is 2.22. The van der Waals surface area contributed by atoms with Gasteiger partial charge in [0.2, 0.25) is 0 Å². The highest BCUT2D eigenvalue weighted by Crippen LogP contribution is 2.40. The summed E-state index contributed by atoms with van der Waals surface area (Å²) in [4.78, 5) is 29.6. The minimum absolute atomic E-state index is 0.120. The molecule has 1 aromatic carbocycles. The summed E-state index contributed by atoms with van der Waals surface area (Å²) < 4.78 is 6.48. The van der Waals surface area contributed by atoms with Crippen LogP contribution in [0.1, 0.15) is 49.3 Å². The molecule has 1 N–H and O–H groups in total. The van der Waals surface area contributed by atoms with E-state index in [-0.39, 0.29) is 28.6 Å². The van der Waals surface area contributed by atoms with Crippen molar-refractivity contribution < 1.29 is 19.4 Å². The maximum Gasteiger partial charge on any atom is 0.188 e. The molecule has 0 aliphatic heterocycles. The molecule has 7 heteroatoms. The van der Waals surface area contributed by atoms with Crippen molar-refractivity contribution in [1.29, 1.82) is 0 Å². The minimum atomic E-state index is -0.300. The van der Waals surface area contributed by atoms with Crippen LogP contribution in [0, 0.1) is 0 Å². The van der Waals surface area contributed by atoms with Crippen molar-refractivity contribution in [1.82, 2.24) is 4.98 Å². The Balaban J connectivity index is 2.65. The Hall–Kier alpha value is -2.51. The summed E-state index contributed by atoms with van der Waals surface area (Å²) in [6.07, 6.45) is 4.82. The fraction of sp³-hybridized carbons (Fsp3) is 0.292. The smallest absolute Gasteiger partial charge is 0.188 e. The molecular formula is C24H27NO4S2. The quantitative estimate of drug-likeness (QED) is 0.335. The minimum Gasteiger partial charge on any atom is -0.507 e. The average molecular weight is 458 g/mol. The number of allylic oxidation sites excluding steroid dienone is 2. The maximum absolute atomic E-state index is 13.3. The molecule has 164 valence electrons. The number of hydrogen-bond donors (Lipinski definition) is 1. The number of nitrogens with zero attached hydrogens (tertiary/aromatic N) is 1. The van der Waals surface area contributed by atoms with E-state index in [4.69, 9.17) is 4.74 Å². The molecule has 0 amide bonds. The number of ketones is 2. The number of Topliss-reactive ketones (excluding diaryl/α,β-unsaturated/α-hetero) is 1. The predicted octanol–water partition coefficient (Wildman–Crippen LogP) is 5.85. The Kier molecular flexibility index (Phi) is 9.88. The Labute approximate surface area is 192 Å². The van der Waals surface area contributed by atoms with Crippen LogP contribution < -0.4 is 4.74 Å². The van der Waals surface area contributed by atoms with Gasteiger partial charge in [-0.15, -0.1) is 23.5 Å². The molecule has 0 bridgehead atoms. The standard InChI is InChI=1S/C24H27NO4S2/c1-5-29-21-15-17(14-20(28)22(21)16(4)26)23(24(30-6-2)31-7-3)19(27)12-11-18-10-8-9-13-25-18/h8-15,28H,5-7H2,1-4H3/b12-11+. The predicted molar refractivity (Wildman–Crippen MR) is 131 cm³/mol. The van der Waals surface area contributed by atoms with Crippen LogP contribution in [0.5, 0.6) is 11.5 Å². The van der Waals surface area contributed by atoms with Gasteiger partial charge in [-0.05, 0) is 67.3 Å². The fourth-order valence-corrected chi connectivity index (χ4v) is 5.19. The lowest BCUT2D eigenvalue weighted by atomic mass is 9.98. The second-order valence-electron chi connectivity index (χ2n) is 6.34. The summed E-state index contributed by atoms with van der Waals surface area (Å²) in [5.74, 6) is 1.14. The highest BCUT2D eigenvalue weighted by atomic mass is 32.2. The van der Waals surface area contributed by atoms with E-state index < -0.39 is 0 Å². The molecule has 5 nitrogen and oxygen atoms in total. The van der Waals surface area contributed by atoms with Crippen LogP contribution in [0.15, 0.2) is 46.8 Å². The molecule has 0 aliphatic rings. The van der Waals surface area contributed by atoms with E-state index in [1.807, 2.05) is 32.0 Å². The number of phenols is 1. The van der Waals surface area contributed by atoms with Crippen molar-refractivity contribution in [2.24, 2.45) is 0 Å². The molecule has 0 saturated heterocycles. The first-order valence-corrected chi connectivity index (χ1v) is 12.0. The van der Waals surface area contributed by atoms with E-state index in [1.165, 1.54) is 19.1 Å². The number of aromatic hydroxyl groups is 1. The zero-order valence-electron chi connectivity index (χ0n) is 18.2. The van der Waals surface area contributed by atoms with Gasteiger partial charge in [-0.2, -0.15) is 0 Å². The molecule has 0 spiro atoms. The van der Waals surface area contributed by atoms with Gasteiger partial charge in [-0.1, -0.05) is 19.9 Å². The molecule has 1 heterocycles. The summed E-state index contributed by atoms with van der Waals surface area (Å²) in [7, 11) is 0.